The predicted octanol–water partition coefficient (Wildman–Crippen LogP) is 4.32. The van der Waals surface area contributed by atoms with Crippen LogP contribution in [0.5, 0.6) is 11.9 Å². The normalized spacial score (nSPS) is 11.9. The molecule has 0 unspecified atom stereocenters. The molecule has 0 saturated carbocycles. The number of benzene rings is 1. The molecule has 0 amide bonds. The standard InChI is InChI=1S/C21H23ClN4O3/c1-4-5-13(2)29-18-9-7-15(11-23-18)19-24-20(26-21(25-19)28-3)16-10-14(12-27)6-8-17(16)22/h6-11,13,27H,4-5,12H2,1-3H3/t13-/m1/s1. The summed E-state index contributed by atoms with van der Waals surface area (Å²) in [6, 6.07) is 8.97. The highest BCUT2D eigenvalue weighted by atomic mass is 35.5. The second-order valence-electron chi connectivity index (χ2n) is 6.54. The zero-order valence-electron chi connectivity index (χ0n) is 16.6. The van der Waals surface area contributed by atoms with Gasteiger partial charge in [0.2, 0.25) is 5.88 Å². The van der Waals surface area contributed by atoms with E-state index in [4.69, 9.17) is 21.1 Å². The average molecular weight is 415 g/mol. The van der Waals surface area contributed by atoms with Gasteiger partial charge in [-0.25, -0.2) is 9.97 Å². The molecule has 152 valence electrons. The number of methoxy groups -OCH3 is 1. The Bertz CT molecular complexity index is 967. The third-order valence-corrected chi connectivity index (χ3v) is 4.59. The lowest BCUT2D eigenvalue weighted by molar-refractivity contribution is 0.201. The van der Waals surface area contributed by atoms with E-state index in [1.807, 2.05) is 13.0 Å². The van der Waals surface area contributed by atoms with Gasteiger partial charge in [-0.05, 0) is 37.1 Å². The summed E-state index contributed by atoms with van der Waals surface area (Å²) < 4.78 is 11.0. The molecule has 29 heavy (non-hydrogen) atoms. The molecule has 2 heterocycles. The summed E-state index contributed by atoms with van der Waals surface area (Å²) in [5.74, 6) is 1.30. The number of aromatic nitrogens is 4. The molecule has 0 saturated heterocycles. The number of hydrogen-bond acceptors (Lipinski definition) is 7. The third kappa shape index (κ3) is 5.19. The van der Waals surface area contributed by atoms with Crippen LogP contribution in [0.25, 0.3) is 22.8 Å². The van der Waals surface area contributed by atoms with E-state index >= 15 is 0 Å². The maximum Gasteiger partial charge on any atom is 0.320 e. The number of nitrogens with zero attached hydrogens (tertiary/aromatic N) is 4. The van der Waals surface area contributed by atoms with Gasteiger partial charge in [0, 0.05) is 23.4 Å². The van der Waals surface area contributed by atoms with E-state index in [1.165, 1.54) is 7.11 Å². The average Bonchev–Trinajstić information content (AvgIpc) is 2.74. The van der Waals surface area contributed by atoms with Crippen LogP contribution in [0, 0.1) is 0 Å². The quantitative estimate of drug-likeness (QED) is 0.586. The monoisotopic (exact) mass is 414 g/mol. The molecule has 0 aliphatic heterocycles. The molecule has 7 nitrogen and oxygen atoms in total. The van der Waals surface area contributed by atoms with Crippen molar-refractivity contribution in [1.29, 1.82) is 0 Å². The number of ether oxygens (including phenoxy) is 2. The lowest BCUT2D eigenvalue weighted by atomic mass is 10.1. The number of pyridine rings is 1. The second kappa shape index (κ2) is 9.62. The highest BCUT2D eigenvalue weighted by Crippen LogP contribution is 2.29. The van der Waals surface area contributed by atoms with Gasteiger partial charge in [0.05, 0.1) is 24.8 Å². The van der Waals surface area contributed by atoms with Gasteiger partial charge in [0.25, 0.3) is 0 Å². The van der Waals surface area contributed by atoms with Gasteiger partial charge < -0.3 is 14.6 Å². The Morgan fingerprint density at radius 2 is 1.90 bits per heavy atom. The summed E-state index contributed by atoms with van der Waals surface area (Å²) in [6.07, 6.45) is 3.76. The second-order valence-corrected chi connectivity index (χ2v) is 6.95. The third-order valence-electron chi connectivity index (χ3n) is 4.26. The molecule has 1 atom stereocenters. The first-order chi connectivity index (χ1) is 14.0. The van der Waals surface area contributed by atoms with E-state index in [-0.39, 0.29) is 18.7 Å². The Morgan fingerprint density at radius 3 is 2.55 bits per heavy atom. The van der Waals surface area contributed by atoms with Crippen LogP contribution in [0.1, 0.15) is 32.3 Å². The van der Waals surface area contributed by atoms with E-state index < -0.39 is 0 Å². The molecule has 1 N–H and O–H groups in total. The van der Waals surface area contributed by atoms with E-state index in [9.17, 15) is 5.11 Å². The number of rotatable bonds is 8. The summed E-state index contributed by atoms with van der Waals surface area (Å²) in [5, 5.41) is 9.88. The summed E-state index contributed by atoms with van der Waals surface area (Å²) in [4.78, 5) is 17.5. The maximum atomic E-state index is 9.41. The zero-order chi connectivity index (χ0) is 20.8. The Labute approximate surface area is 174 Å². The Balaban J connectivity index is 1.95. The van der Waals surface area contributed by atoms with Crippen molar-refractivity contribution in [3.63, 3.8) is 0 Å². The van der Waals surface area contributed by atoms with Crippen molar-refractivity contribution in [2.45, 2.75) is 39.4 Å². The maximum absolute atomic E-state index is 9.41. The fourth-order valence-electron chi connectivity index (χ4n) is 2.79. The van der Waals surface area contributed by atoms with E-state index in [1.54, 1.807) is 30.5 Å². The van der Waals surface area contributed by atoms with Crippen LogP contribution in [0.2, 0.25) is 5.02 Å². The molecule has 3 rings (SSSR count). The minimum atomic E-state index is -0.110. The summed E-state index contributed by atoms with van der Waals surface area (Å²) in [5.41, 5.74) is 1.98. The van der Waals surface area contributed by atoms with Crippen LogP contribution in [0.4, 0.5) is 0 Å². The largest absolute Gasteiger partial charge is 0.475 e. The fourth-order valence-corrected chi connectivity index (χ4v) is 3.00. The Morgan fingerprint density at radius 1 is 1.10 bits per heavy atom. The minimum Gasteiger partial charge on any atom is -0.475 e. The Hall–Kier alpha value is -2.77. The van der Waals surface area contributed by atoms with Crippen molar-refractivity contribution in [3.05, 3.63) is 47.1 Å². The first-order valence-electron chi connectivity index (χ1n) is 9.36. The highest BCUT2D eigenvalue weighted by Gasteiger charge is 2.14. The fraction of sp³-hybridized carbons (Fsp3) is 0.333. The van der Waals surface area contributed by atoms with Crippen molar-refractivity contribution >= 4 is 11.6 Å². The molecule has 2 aromatic heterocycles. The van der Waals surface area contributed by atoms with Crippen LogP contribution in [0.15, 0.2) is 36.5 Å². The van der Waals surface area contributed by atoms with Crippen LogP contribution in [0.3, 0.4) is 0 Å². The smallest absolute Gasteiger partial charge is 0.320 e. The van der Waals surface area contributed by atoms with Gasteiger partial charge in [-0.1, -0.05) is 31.0 Å². The van der Waals surface area contributed by atoms with Crippen LogP contribution >= 0.6 is 11.6 Å². The summed E-state index contributed by atoms with van der Waals surface area (Å²) >= 11 is 6.32. The number of aliphatic hydroxyl groups is 1. The molecule has 3 aromatic rings. The predicted molar refractivity (Wildman–Crippen MR) is 111 cm³/mol. The Kier molecular flexibility index (Phi) is 6.95. The summed E-state index contributed by atoms with van der Waals surface area (Å²) in [6.45, 7) is 4.03. The lowest BCUT2D eigenvalue weighted by Crippen LogP contribution is -2.11. The molecular formula is C21H23ClN4O3. The van der Waals surface area contributed by atoms with E-state index in [2.05, 4.69) is 26.9 Å². The SMILES string of the molecule is CCC[C@@H](C)Oc1ccc(-c2nc(OC)nc(-c3cc(CO)ccc3Cl)n2)cn1. The van der Waals surface area contributed by atoms with Gasteiger partial charge in [-0.3, -0.25) is 0 Å². The van der Waals surface area contributed by atoms with Crippen molar-refractivity contribution < 1.29 is 14.6 Å². The van der Waals surface area contributed by atoms with Crippen LogP contribution in [-0.4, -0.2) is 38.3 Å². The number of halogens is 1. The molecular weight excluding hydrogens is 392 g/mol. The minimum absolute atomic E-state index is 0.100. The van der Waals surface area contributed by atoms with Gasteiger partial charge in [-0.15, -0.1) is 0 Å². The lowest BCUT2D eigenvalue weighted by Gasteiger charge is -2.13. The highest BCUT2D eigenvalue weighted by molar-refractivity contribution is 6.33. The summed E-state index contributed by atoms with van der Waals surface area (Å²) in [7, 11) is 1.49. The molecule has 0 radical (unpaired) electrons. The van der Waals surface area contributed by atoms with Crippen LogP contribution < -0.4 is 9.47 Å². The van der Waals surface area contributed by atoms with E-state index in [0.717, 1.165) is 12.8 Å². The molecule has 0 spiro atoms. The van der Waals surface area contributed by atoms with Gasteiger partial charge in [0.1, 0.15) is 0 Å². The molecule has 0 aliphatic carbocycles. The van der Waals surface area contributed by atoms with Crippen molar-refractivity contribution in [2.75, 3.05) is 7.11 Å². The zero-order valence-corrected chi connectivity index (χ0v) is 17.3. The first-order valence-corrected chi connectivity index (χ1v) is 9.74. The number of hydrogen-bond donors (Lipinski definition) is 1. The van der Waals surface area contributed by atoms with Crippen molar-refractivity contribution in [3.8, 4) is 34.7 Å². The topological polar surface area (TPSA) is 90.2 Å². The van der Waals surface area contributed by atoms with Gasteiger partial charge >= 0.3 is 6.01 Å². The van der Waals surface area contributed by atoms with Crippen molar-refractivity contribution in [1.82, 2.24) is 19.9 Å². The van der Waals surface area contributed by atoms with E-state index in [0.29, 0.717) is 39.2 Å². The molecule has 0 bridgehead atoms. The molecule has 1 aromatic carbocycles. The molecule has 8 heteroatoms. The number of aliphatic hydroxyl groups excluding tert-OH is 1. The first kappa shape index (κ1) is 21.0. The van der Waals surface area contributed by atoms with Gasteiger partial charge in [-0.2, -0.15) is 9.97 Å². The van der Waals surface area contributed by atoms with Crippen molar-refractivity contribution in [2.24, 2.45) is 0 Å². The molecule has 0 fully saturated rings. The van der Waals surface area contributed by atoms with Crippen LogP contribution in [-0.2, 0) is 6.61 Å². The van der Waals surface area contributed by atoms with Gasteiger partial charge in [0.15, 0.2) is 11.6 Å². The molecule has 0 aliphatic rings.